The van der Waals surface area contributed by atoms with Crippen LogP contribution in [0.3, 0.4) is 0 Å². The number of hydrogen-bond acceptors (Lipinski definition) is 5. The minimum Gasteiger partial charge on any atom is -0.296 e. The number of Topliss-reactive ketones (excluding diaryl/α,β-unsaturated/α-hetero) is 2. The lowest BCUT2D eigenvalue weighted by Gasteiger charge is -2.17. The lowest BCUT2D eigenvalue weighted by atomic mass is 10.00. The molecule has 158 valence electrons. The topological polar surface area (TPSA) is 57.7 Å². The molecule has 0 heterocycles. The SMILES string of the molecule is CCN(CC)CC(=O)c1ccc2c(c1)C(=O)c1cc(C(=O)CN(CC)CC)ccc1-2. The number of carbonyl (C=O) groups is 3. The first-order valence-corrected chi connectivity index (χ1v) is 10.8. The Morgan fingerprint density at radius 2 is 1.00 bits per heavy atom. The van der Waals surface area contributed by atoms with E-state index in [0.29, 0.717) is 35.3 Å². The number of likely N-dealkylation sites (N-methyl/N-ethyl adjacent to an activating group) is 2. The van der Waals surface area contributed by atoms with E-state index in [2.05, 4.69) is 9.80 Å². The molecule has 5 nitrogen and oxygen atoms in total. The van der Waals surface area contributed by atoms with E-state index < -0.39 is 0 Å². The van der Waals surface area contributed by atoms with Crippen LogP contribution in [-0.2, 0) is 0 Å². The van der Waals surface area contributed by atoms with Crippen molar-refractivity contribution in [1.29, 1.82) is 0 Å². The van der Waals surface area contributed by atoms with Crippen LogP contribution in [0, 0.1) is 0 Å². The van der Waals surface area contributed by atoms with Crippen molar-refractivity contribution in [3.05, 3.63) is 58.7 Å². The normalized spacial score (nSPS) is 12.4. The summed E-state index contributed by atoms with van der Waals surface area (Å²) in [7, 11) is 0. The summed E-state index contributed by atoms with van der Waals surface area (Å²) >= 11 is 0. The van der Waals surface area contributed by atoms with Crippen LogP contribution in [0.25, 0.3) is 11.1 Å². The molecule has 0 saturated carbocycles. The molecule has 0 atom stereocenters. The molecule has 1 aliphatic carbocycles. The molecule has 0 bridgehead atoms. The van der Waals surface area contributed by atoms with Crippen molar-refractivity contribution in [3.8, 4) is 11.1 Å². The molecule has 0 aliphatic heterocycles. The summed E-state index contributed by atoms with van der Waals surface area (Å²) < 4.78 is 0. The van der Waals surface area contributed by atoms with Gasteiger partial charge in [0.05, 0.1) is 13.1 Å². The fourth-order valence-electron chi connectivity index (χ4n) is 3.91. The van der Waals surface area contributed by atoms with Gasteiger partial charge in [0.2, 0.25) is 0 Å². The van der Waals surface area contributed by atoms with Crippen LogP contribution < -0.4 is 0 Å². The first-order chi connectivity index (χ1) is 14.4. The van der Waals surface area contributed by atoms with E-state index in [1.165, 1.54) is 0 Å². The number of carbonyl (C=O) groups excluding carboxylic acids is 3. The number of benzene rings is 2. The largest absolute Gasteiger partial charge is 0.296 e. The van der Waals surface area contributed by atoms with Gasteiger partial charge in [-0.15, -0.1) is 0 Å². The molecular weight excluding hydrogens is 376 g/mol. The second-order valence-corrected chi connectivity index (χ2v) is 7.62. The number of ketones is 3. The average Bonchev–Trinajstić information content (AvgIpc) is 3.06. The van der Waals surface area contributed by atoms with Crippen molar-refractivity contribution in [2.24, 2.45) is 0 Å². The van der Waals surface area contributed by atoms with Crippen molar-refractivity contribution in [2.75, 3.05) is 39.3 Å². The van der Waals surface area contributed by atoms with Gasteiger partial charge in [-0.3, -0.25) is 24.2 Å². The summed E-state index contributed by atoms with van der Waals surface area (Å²) in [6.45, 7) is 12.0. The standard InChI is InChI=1S/C25H30N2O3/c1-5-26(6-2)15-23(28)17-9-11-19-20-12-10-18(24(29)16-27(7-3)8-4)14-22(20)25(30)21(19)13-17/h9-14H,5-8,15-16H2,1-4H3. The van der Waals surface area contributed by atoms with Crippen molar-refractivity contribution < 1.29 is 14.4 Å². The maximum atomic E-state index is 13.1. The molecule has 0 fully saturated rings. The lowest BCUT2D eigenvalue weighted by Crippen LogP contribution is -2.29. The van der Waals surface area contributed by atoms with E-state index >= 15 is 0 Å². The summed E-state index contributed by atoms with van der Waals surface area (Å²) in [6, 6.07) is 10.7. The fraction of sp³-hybridized carbons (Fsp3) is 0.400. The van der Waals surface area contributed by atoms with E-state index in [4.69, 9.17) is 0 Å². The van der Waals surface area contributed by atoms with Crippen LogP contribution in [0.5, 0.6) is 0 Å². The molecule has 0 amide bonds. The van der Waals surface area contributed by atoms with E-state index in [1.54, 1.807) is 24.3 Å². The second kappa shape index (κ2) is 9.45. The number of hydrogen-bond donors (Lipinski definition) is 0. The van der Waals surface area contributed by atoms with Crippen molar-refractivity contribution in [3.63, 3.8) is 0 Å². The Kier molecular flexibility index (Phi) is 6.95. The molecule has 0 N–H and O–H groups in total. The van der Waals surface area contributed by atoms with Crippen molar-refractivity contribution >= 4 is 17.3 Å². The van der Waals surface area contributed by atoms with Crippen LogP contribution in [-0.4, -0.2) is 66.4 Å². The minimum absolute atomic E-state index is 0.0142. The minimum atomic E-state index is -0.116. The van der Waals surface area contributed by atoms with Gasteiger partial charge in [-0.25, -0.2) is 0 Å². The Morgan fingerprint density at radius 1 is 0.633 bits per heavy atom. The van der Waals surface area contributed by atoms with Crippen LogP contribution >= 0.6 is 0 Å². The Hall–Kier alpha value is -2.63. The molecule has 1 aliphatic rings. The highest BCUT2D eigenvalue weighted by Gasteiger charge is 2.28. The summed E-state index contributed by atoms with van der Waals surface area (Å²) in [6.07, 6.45) is 0. The average molecular weight is 407 g/mol. The summed E-state index contributed by atoms with van der Waals surface area (Å²) in [5.41, 5.74) is 3.86. The molecule has 2 aromatic carbocycles. The van der Waals surface area contributed by atoms with Crippen LogP contribution in [0.4, 0.5) is 0 Å². The zero-order valence-corrected chi connectivity index (χ0v) is 18.3. The summed E-state index contributed by atoms with van der Waals surface area (Å²) in [4.78, 5) is 42.5. The van der Waals surface area contributed by atoms with E-state index in [1.807, 2.05) is 39.8 Å². The molecule has 5 heteroatoms. The molecule has 0 aromatic heterocycles. The van der Waals surface area contributed by atoms with Gasteiger partial charge in [-0.2, -0.15) is 0 Å². The third-order valence-electron chi connectivity index (χ3n) is 5.99. The van der Waals surface area contributed by atoms with Crippen molar-refractivity contribution in [1.82, 2.24) is 9.80 Å². The Morgan fingerprint density at radius 3 is 1.33 bits per heavy atom. The van der Waals surface area contributed by atoms with E-state index in [9.17, 15) is 14.4 Å². The molecule has 3 rings (SSSR count). The highest BCUT2D eigenvalue weighted by Crippen LogP contribution is 2.37. The van der Waals surface area contributed by atoms with Gasteiger partial charge in [0.1, 0.15) is 0 Å². The fourth-order valence-corrected chi connectivity index (χ4v) is 3.91. The zero-order chi connectivity index (χ0) is 21.8. The third-order valence-corrected chi connectivity index (χ3v) is 5.99. The molecular formula is C25H30N2O3. The molecule has 0 saturated heterocycles. The maximum Gasteiger partial charge on any atom is 0.194 e. The Bertz CT molecular complexity index is 895. The number of rotatable bonds is 10. The predicted molar refractivity (Wildman–Crippen MR) is 120 cm³/mol. The first-order valence-electron chi connectivity index (χ1n) is 10.8. The van der Waals surface area contributed by atoms with Gasteiger partial charge in [0.25, 0.3) is 0 Å². The van der Waals surface area contributed by atoms with Gasteiger partial charge in [0, 0.05) is 22.3 Å². The van der Waals surface area contributed by atoms with Gasteiger partial charge in [-0.05, 0) is 49.4 Å². The molecule has 2 aromatic rings. The molecule has 0 unspecified atom stereocenters. The smallest absolute Gasteiger partial charge is 0.194 e. The second-order valence-electron chi connectivity index (χ2n) is 7.62. The maximum absolute atomic E-state index is 13.1. The molecule has 0 spiro atoms. The predicted octanol–water partition coefficient (Wildman–Crippen LogP) is 3.95. The lowest BCUT2D eigenvalue weighted by molar-refractivity contribution is 0.0930. The van der Waals surface area contributed by atoms with Gasteiger partial charge < -0.3 is 0 Å². The first kappa shape index (κ1) is 22.1. The van der Waals surface area contributed by atoms with Gasteiger partial charge in [0.15, 0.2) is 17.3 Å². The summed E-state index contributed by atoms with van der Waals surface area (Å²) in [5.74, 6) is -0.0873. The number of fused-ring (bicyclic) bond motifs is 3. The van der Waals surface area contributed by atoms with Crippen molar-refractivity contribution in [2.45, 2.75) is 27.7 Å². The van der Waals surface area contributed by atoms with Gasteiger partial charge >= 0.3 is 0 Å². The number of nitrogens with zero attached hydrogens (tertiary/aromatic N) is 2. The van der Waals surface area contributed by atoms with Gasteiger partial charge in [-0.1, -0.05) is 52.0 Å². The molecule has 0 radical (unpaired) electrons. The quantitative estimate of drug-likeness (QED) is 0.477. The van der Waals surface area contributed by atoms with Crippen LogP contribution in [0.2, 0.25) is 0 Å². The Balaban J connectivity index is 1.86. The van der Waals surface area contributed by atoms with Crippen LogP contribution in [0.1, 0.15) is 64.3 Å². The monoisotopic (exact) mass is 406 g/mol. The highest BCUT2D eigenvalue weighted by atomic mass is 16.1. The highest BCUT2D eigenvalue weighted by molar-refractivity contribution is 6.23. The third kappa shape index (κ3) is 4.27. The van der Waals surface area contributed by atoms with Crippen LogP contribution in [0.15, 0.2) is 36.4 Å². The Labute approximate surface area is 178 Å². The zero-order valence-electron chi connectivity index (χ0n) is 18.3. The summed E-state index contributed by atoms with van der Waals surface area (Å²) in [5, 5.41) is 0. The molecule has 30 heavy (non-hydrogen) atoms. The van der Waals surface area contributed by atoms with E-state index in [-0.39, 0.29) is 17.3 Å². The van der Waals surface area contributed by atoms with E-state index in [0.717, 1.165) is 37.3 Å².